The lowest BCUT2D eigenvalue weighted by molar-refractivity contribution is -0.147. The summed E-state index contributed by atoms with van der Waals surface area (Å²) in [5, 5.41) is 15.4. The van der Waals surface area contributed by atoms with Crippen LogP contribution in [0.5, 0.6) is 0 Å². The van der Waals surface area contributed by atoms with Gasteiger partial charge in [-0.1, -0.05) is 71.4 Å². The highest BCUT2D eigenvalue weighted by Gasteiger charge is 2.42. The molecule has 8 atom stereocenters. The molecule has 2 aromatic rings. The number of nitrogen functional groups attached to an aromatic ring is 1. The Morgan fingerprint density at radius 2 is 1.68 bits per heavy atom. The number of nitrogens with two attached hydrogens (primary N) is 1. The molecular formula is C42H65N7O8. The van der Waals surface area contributed by atoms with E-state index in [0.717, 1.165) is 11.1 Å². The fourth-order valence-corrected chi connectivity index (χ4v) is 8.06. The second kappa shape index (κ2) is 22.4. The Labute approximate surface area is 338 Å². The van der Waals surface area contributed by atoms with Gasteiger partial charge in [0.2, 0.25) is 23.6 Å². The van der Waals surface area contributed by atoms with Crippen molar-refractivity contribution < 1.29 is 38.6 Å². The molecule has 1 aliphatic rings. The van der Waals surface area contributed by atoms with Crippen LogP contribution in [0, 0.1) is 17.8 Å². The Hall–Kier alpha value is -4.60. The number of hydrogen-bond acceptors (Lipinski definition) is 10. The summed E-state index contributed by atoms with van der Waals surface area (Å²) >= 11 is 0. The normalized spacial score (nSPS) is 17.9. The molecule has 1 aromatic carbocycles. The zero-order valence-electron chi connectivity index (χ0n) is 35.1. The van der Waals surface area contributed by atoms with Gasteiger partial charge in [-0.2, -0.15) is 0 Å². The van der Waals surface area contributed by atoms with Gasteiger partial charge >= 0.3 is 5.97 Å². The SMILES string of the molecule is CCC(C)C(C(CC(=O)N1CCCC1C(OC)C(C)C(=O)N[C@@H](Cc1ccccc1)C(=O)O)OC)N(C)C(=O)CNC(=O)C(C(C)C)N(C)Cc1ccnc(N)c1. The maximum atomic E-state index is 14.1. The first kappa shape index (κ1) is 46.8. The van der Waals surface area contributed by atoms with Crippen molar-refractivity contribution in [2.24, 2.45) is 17.8 Å². The van der Waals surface area contributed by atoms with Gasteiger partial charge in [0, 0.05) is 47.0 Å². The number of hydrogen-bond donors (Lipinski definition) is 4. The van der Waals surface area contributed by atoms with Crippen LogP contribution < -0.4 is 16.4 Å². The summed E-state index contributed by atoms with van der Waals surface area (Å²) in [4.78, 5) is 76.2. The van der Waals surface area contributed by atoms with E-state index in [0.29, 0.717) is 38.2 Å². The van der Waals surface area contributed by atoms with E-state index >= 15 is 0 Å². The summed E-state index contributed by atoms with van der Waals surface area (Å²) < 4.78 is 11.8. The Morgan fingerprint density at radius 1 is 1.00 bits per heavy atom. The molecule has 0 bridgehead atoms. The quantitative estimate of drug-likeness (QED) is 0.137. The van der Waals surface area contributed by atoms with Crippen molar-refractivity contribution in [2.45, 2.75) is 110 Å². The fourth-order valence-electron chi connectivity index (χ4n) is 8.06. The number of likely N-dealkylation sites (tertiary alicyclic amines) is 1. The smallest absolute Gasteiger partial charge is 0.326 e. The topological polar surface area (TPSA) is 197 Å². The predicted octanol–water partition coefficient (Wildman–Crippen LogP) is 2.97. The van der Waals surface area contributed by atoms with Crippen LogP contribution in [-0.2, 0) is 46.4 Å². The molecule has 1 aliphatic heterocycles. The first-order chi connectivity index (χ1) is 27.0. The van der Waals surface area contributed by atoms with Gasteiger partial charge in [-0.15, -0.1) is 0 Å². The van der Waals surface area contributed by atoms with Crippen molar-refractivity contribution in [3.05, 3.63) is 59.8 Å². The zero-order chi connectivity index (χ0) is 42.4. The number of aliphatic carboxylic acids is 1. The number of likely N-dealkylation sites (N-methyl/N-ethyl adjacent to an activating group) is 2. The zero-order valence-corrected chi connectivity index (χ0v) is 35.1. The van der Waals surface area contributed by atoms with Gasteiger partial charge in [0.1, 0.15) is 11.9 Å². The molecule has 0 saturated carbocycles. The van der Waals surface area contributed by atoms with Crippen LogP contribution in [0.2, 0.25) is 0 Å². The molecule has 15 nitrogen and oxygen atoms in total. The van der Waals surface area contributed by atoms with Crippen LogP contribution in [-0.4, -0.2) is 132 Å². The molecule has 0 spiro atoms. The van der Waals surface area contributed by atoms with Crippen molar-refractivity contribution in [3.63, 3.8) is 0 Å². The number of nitrogens with zero attached hydrogens (tertiary/aromatic N) is 4. The summed E-state index contributed by atoms with van der Waals surface area (Å²) in [5.74, 6) is -2.90. The summed E-state index contributed by atoms with van der Waals surface area (Å²) in [7, 11) is 6.53. The number of carboxylic acid groups (broad SMARTS) is 1. The van der Waals surface area contributed by atoms with E-state index in [1.54, 1.807) is 36.0 Å². The van der Waals surface area contributed by atoms with Crippen LogP contribution in [0.25, 0.3) is 0 Å². The fraction of sp³-hybridized carbons (Fsp3) is 0.619. The van der Waals surface area contributed by atoms with E-state index in [1.165, 1.54) is 14.2 Å². The number of amides is 4. The maximum absolute atomic E-state index is 14.1. The van der Waals surface area contributed by atoms with Crippen LogP contribution in [0.1, 0.15) is 71.4 Å². The number of ether oxygens (including phenoxy) is 2. The number of anilines is 1. The maximum Gasteiger partial charge on any atom is 0.326 e. The molecule has 316 valence electrons. The van der Waals surface area contributed by atoms with Crippen molar-refractivity contribution in [1.82, 2.24) is 30.3 Å². The molecule has 5 N–H and O–H groups in total. The van der Waals surface area contributed by atoms with E-state index in [4.69, 9.17) is 15.2 Å². The average molecular weight is 796 g/mol. The second-order valence-corrected chi connectivity index (χ2v) is 15.6. The molecule has 1 saturated heterocycles. The van der Waals surface area contributed by atoms with Crippen molar-refractivity contribution >= 4 is 35.4 Å². The molecule has 4 amide bonds. The monoisotopic (exact) mass is 795 g/mol. The van der Waals surface area contributed by atoms with Crippen LogP contribution in [0.4, 0.5) is 5.82 Å². The average Bonchev–Trinajstić information content (AvgIpc) is 3.66. The van der Waals surface area contributed by atoms with Gasteiger partial charge in [0.25, 0.3) is 0 Å². The Kier molecular flexibility index (Phi) is 18.4. The third kappa shape index (κ3) is 13.0. The summed E-state index contributed by atoms with van der Waals surface area (Å²) in [5.41, 5.74) is 7.55. The van der Waals surface area contributed by atoms with Crippen LogP contribution in [0.3, 0.4) is 0 Å². The summed E-state index contributed by atoms with van der Waals surface area (Å²) in [6.45, 7) is 10.3. The van der Waals surface area contributed by atoms with Gasteiger partial charge in [-0.25, -0.2) is 9.78 Å². The highest BCUT2D eigenvalue weighted by Crippen LogP contribution is 2.29. The lowest BCUT2D eigenvalue weighted by Gasteiger charge is -2.39. The summed E-state index contributed by atoms with van der Waals surface area (Å²) in [6.07, 6.45) is 2.36. The first-order valence-corrected chi connectivity index (χ1v) is 19.9. The van der Waals surface area contributed by atoms with E-state index in [1.807, 2.05) is 76.0 Å². The molecule has 0 aliphatic carbocycles. The molecule has 2 heterocycles. The van der Waals surface area contributed by atoms with Crippen LogP contribution >= 0.6 is 0 Å². The number of rotatable bonds is 22. The molecule has 57 heavy (non-hydrogen) atoms. The van der Waals surface area contributed by atoms with Crippen molar-refractivity contribution in [1.29, 1.82) is 0 Å². The molecular weight excluding hydrogens is 731 g/mol. The lowest BCUT2D eigenvalue weighted by atomic mass is 9.90. The highest BCUT2D eigenvalue weighted by atomic mass is 16.5. The number of pyridine rings is 1. The number of carbonyl (C=O) groups excluding carboxylic acids is 4. The lowest BCUT2D eigenvalue weighted by Crippen LogP contribution is -2.55. The number of nitrogens with one attached hydrogen (secondary N) is 2. The minimum absolute atomic E-state index is 0.0269. The molecule has 1 aromatic heterocycles. The Balaban J connectivity index is 1.69. The number of methoxy groups -OCH3 is 2. The van der Waals surface area contributed by atoms with Gasteiger partial charge in [0.15, 0.2) is 0 Å². The van der Waals surface area contributed by atoms with Crippen molar-refractivity contribution in [2.75, 3.05) is 47.1 Å². The highest BCUT2D eigenvalue weighted by molar-refractivity contribution is 5.88. The Morgan fingerprint density at radius 3 is 2.26 bits per heavy atom. The van der Waals surface area contributed by atoms with Gasteiger partial charge in [-0.3, -0.25) is 24.1 Å². The van der Waals surface area contributed by atoms with E-state index in [-0.39, 0.29) is 48.9 Å². The van der Waals surface area contributed by atoms with Gasteiger partial charge < -0.3 is 40.7 Å². The minimum Gasteiger partial charge on any atom is -0.480 e. The van der Waals surface area contributed by atoms with E-state index < -0.39 is 54.2 Å². The standard InChI is InChI=1S/C42H65N7O8/c1-10-27(4)38(48(7)36(51)24-45-41(53)37(26(2)3)47(6)25-30-18-19-44-34(43)22-30)33(56-8)23-35(50)49-20-14-17-32(49)39(57-9)28(5)40(52)46-31(42(54)55)21-29-15-12-11-13-16-29/h11-13,15-16,18-19,22,26-28,31-33,37-39H,10,14,17,20-21,23-25H2,1-9H3,(H2,43,44)(H,45,53)(H,46,52)(H,54,55)/t27?,28?,31-,32?,33?,37?,38?,39?/m0/s1. The number of aromatic nitrogens is 1. The predicted molar refractivity (Wildman–Crippen MR) is 218 cm³/mol. The number of benzene rings is 1. The third-order valence-electron chi connectivity index (χ3n) is 11.3. The number of carbonyl (C=O) groups is 5. The summed E-state index contributed by atoms with van der Waals surface area (Å²) in [6, 6.07) is 10.1. The number of carboxylic acids is 1. The molecule has 0 radical (unpaired) electrons. The Bertz CT molecular complexity index is 1630. The van der Waals surface area contributed by atoms with Gasteiger partial charge in [0.05, 0.1) is 49.2 Å². The largest absolute Gasteiger partial charge is 0.480 e. The molecule has 3 rings (SSSR count). The second-order valence-electron chi connectivity index (χ2n) is 15.6. The minimum atomic E-state index is -1.14. The first-order valence-electron chi connectivity index (χ1n) is 19.9. The molecule has 1 fully saturated rings. The van der Waals surface area contributed by atoms with E-state index in [9.17, 15) is 29.1 Å². The molecule has 15 heteroatoms. The van der Waals surface area contributed by atoms with Crippen LogP contribution in [0.15, 0.2) is 48.7 Å². The molecule has 7 unspecified atom stereocenters. The third-order valence-corrected chi connectivity index (χ3v) is 11.3. The van der Waals surface area contributed by atoms with E-state index in [2.05, 4.69) is 15.6 Å². The van der Waals surface area contributed by atoms with Crippen molar-refractivity contribution in [3.8, 4) is 0 Å². The van der Waals surface area contributed by atoms with Gasteiger partial charge in [-0.05, 0) is 55.0 Å².